The monoisotopic (exact) mass is 246 g/mol. The largest absolute Gasteiger partial charge is 0.378 e. The number of nitrogens with zero attached hydrogens (tertiary/aromatic N) is 2. The first kappa shape index (κ1) is 12.3. The number of hydrogen-bond acceptors (Lipinski definition) is 5. The van der Waals surface area contributed by atoms with Crippen LogP contribution in [-0.4, -0.2) is 23.6 Å². The van der Waals surface area contributed by atoms with E-state index in [0.717, 1.165) is 19.5 Å². The first-order chi connectivity index (χ1) is 8.54. The van der Waals surface area contributed by atoms with Crippen LogP contribution in [0.15, 0.2) is 18.2 Å². The molecule has 94 valence electrons. The third-order valence-electron chi connectivity index (χ3n) is 3.13. The summed E-state index contributed by atoms with van der Waals surface area (Å²) in [5.74, 6) is 0. The maximum Gasteiger partial charge on any atom is 0.289 e. The van der Waals surface area contributed by atoms with E-state index < -0.39 is 4.92 Å². The van der Waals surface area contributed by atoms with Gasteiger partial charge >= 0.3 is 0 Å². The Morgan fingerprint density at radius 1 is 1.61 bits per heavy atom. The highest BCUT2D eigenvalue weighted by atomic mass is 16.6. The second-order valence-corrected chi connectivity index (χ2v) is 4.71. The summed E-state index contributed by atoms with van der Waals surface area (Å²) in [6.07, 6.45) is 0.959. The van der Waals surface area contributed by atoms with Crippen molar-refractivity contribution in [2.24, 2.45) is 0 Å². The lowest BCUT2D eigenvalue weighted by Crippen LogP contribution is -2.36. The van der Waals surface area contributed by atoms with E-state index in [1.54, 1.807) is 6.07 Å². The van der Waals surface area contributed by atoms with Crippen LogP contribution < -0.4 is 10.6 Å². The predicted molar refractivity (Wildman–Crippen MR) is 67.3 cm³/mol. The van der Waals surface area contributed by atoms with Crippen molar-refractivity contribution >= 4 is 11.4 Å². The van der Waals surface area contributed by atoms with E-state index in [1.165, 1.54) is 12.1 Å². The van der Waals surface area contributed by atoms with Gasteiger partial charge in [0.1, 0.15) is 11.6 Å². The van der Waals surface area contributed by atoms with Gasteiger partial charge in [-0.1, -0.05) is 0 Å². The van der Waals surface area contributed by atoms with Crippen LogP contribution in [0.3, 0.4) is 0 Å². The highest BCUT2D eigenvalue weighted by molar-refractivity contribution is 5.60. The molecule has 0 amide bonds. The molecular formula is C12H14N4O2. The smallest absolute Gasteiger partial charge is 0.289 e. The molecule has 0 saturated carbocycles. The van der Waals surface area contributed by atoms with Gasteiger partial charge in [0.15, 0.2) is 0 Å². The molecule has 1 aromatic carbocycles. The zero-order chi connectivity index (χ0) is 13.2. The van der Waals surface area contributed by atoms with Gasteiger partial charge in [0, 0.05) is 23.8 Å². The van der Waals surface area contributed by atoms with Crippen molar-refractivity contribution < 1.29 is 4.92 Å². The SMILES string of the molecule is CC1(Nc2ccc(C#N)c([N+](=O)[O-])c2)CCNC1. The Bertz CT molecular complexity index is 515. The Labute approximate surface area is 105 Å². The minimum Gasteiger partial charge on any atom is -0.378 e. The van der Waals surface area contributed by atoms with Crippen LogP contribution in [0.2, 0.25) is 0 Å². The van der Waals surface area contributed by atoms with Gasteiger partial charge in [-0.2, -0.15) is 5.26 Å². The Morgan fingerprint density at radius 3 is 2.94 bits per heavy atom. The highest BCUT2D eigenvalue weighted by Crippen LogP contribution is 2.26. The van der Waals surface area contributed by atoms with Crippen molar-refractivity contribution in [1.82, 2.24) is 5.32 Å². The van der Waals surface area contributed by atoms with Gasteiger partial charge < -0.3 is 10.6 Å². The topological polar surface area (TPSA) is 91.0 Å². The molecule has 0 spiro atoms. The molecule has 0 aromatic heterocycles. The molecule has 1 aliphatic rings. The molecule has 2 rings (SSSR count). The molecule has 2 N–H and O–H groups in total. The third kappa shape index (κ3) is 2.41. The molecular weight excluding hydrogens is 232 g/mol. The lowest BCUT2D eigenvalue weighted by atomic mass is 10.0. The van der Waals surface area contributed by atoms with Crippen molar-refractivity contribution in [3.63, 3.8) is 0 Å². The predicted octanol–water partition coefficient (Wildman–Crippen LogP) is 1.63. The molecule has 1 saturated heterocycles. The molecule has 1 atom stereocenters. The van der Waals surface area contributed by atoms with E-state index in [2.05, 4.69) is 17.6 Å². The zero-order valence-electron chi connectivity index (χ0n) is 10.1. The second kappa shape index (κ2) is 4.63. The molecule has 1 aliphatic heterocycles. The first-order valence-electron chi connectivity index (χ1n) is 5.71. The van der Waals surface area contributed by atoms with Crippen LogP contribution in [0.4, 0.5) is 11.4 Å². The average Bonchev–Trinajstić information content (AvgIpc) is 2.75. The summed E-state index contributed by atoms with van der Waals surface area (Å²) in [4.78, 5) is 10.3. The summed E-state index contributed by atoms with van der Waals surface area (Å²) in [6.45, 7) is 3.82. The molecule has 6 heteroatoms. The lowest BCUT2D eigenvalue weighted by Gasteiger charge is -2.25. The van der Waals surface area contributed by atoms with E-state index in [0.29, 0.717) is 5.69 Å². The molecule has 1 unspecified atom stereocenters. The highest BCUT2D eigenvalue weighted by Gasteiger charge is 2.28. The fourth-order valence-corrected chi connectivity index (χ4v) is 2.13. The van der Waals surface area contributed by atoms with E-state index >= 15 is 0 Å². The summed E-state index contributed by atoms with van der Waals surface area (Å²) in [6, 6.07) is 6.43. The summed E-state index contributed by atoms with van der Waals surface area (Å²) >= 11 is 0. The normalized spacial score (nSPS) is 22.4. The number of nitro benzene ring substituents is 1. The standard InChI is InChI=1S/C12H14N4O2/c1-12(4-5-14-8-12)15-10-3-2-9(7-13)11(6-10)16(17)18/h2-3,6,14-15H,4-5,8H2,1H3. The molecule has 1 heterocycles. The number of hydrogen-bond donors (Lipinski definition) is 2. The summed E-state index contributed by atoms with van der Waals surface area (Å²) in [5, 5.41) is 26.2. The van der Waals surface area contributed by atoms with Crippen molar-refractivity contribution in [1.29, 1.82) is 5.26 Å². The third-order valence-corrected chi connectivity index (χ3v) is 3.13. The maximum atomic E-state index is 10.9. The van der Waals surface area contributed by atoms with Crippen molar-refractivity contribution in [2.75, 3.05) is 18.4 Å². The minimum absolute atomic E-state index is 0.0836. The van der Waals surface area contributed by atoms with E-state index in [-0.39, 0.29) is 16.8 Å². The number of nitriles is 1. The lowest BCUT2D eigenvalue weighted by molar-refractivity contribution is -0.385. The molecule has 0 aliphatic carbocycles. The van der Waals surface area contributed by atoms with Crippen LogP contribution in [0.1, 0.15) is 18.9 Å². The van der Waals surface area contributed by atoms with Crippen molar-refractivity contribution in [3.05, 3.63) is 33.9 Å². The van der Waals surface area contributed by atoms with Gasteiger partial charge in [0.25, 0.3) is 5.69 Å². The van der Waals surface area contributed by atoms with Crippen molar-refractivity contribution in [3.8, 4) is 6.07 Å². The quantitative estimate of drug-likeness (QED) is 0.624. The summed E-state index contributed by atoms with van der Waals surface area (Å²) in [7, 11) is 0. The van der Waals surface area contributed by atoms with Crippen LogP contribution in [0.25, 0.3) is 0 Å². The fraction of sp³-hybridized carbons (Fsp3) is 0.417. The zero-order valence-corrected chi connectivity index (χ0v) is 10.1. The van der Waals surface area contributed by atoms with Gasteiger partial charge in [0.05, 0.1) is 4.92 Å². The number of anilines is 1. The van der Waals surface area contributed by atoms with Crippen LogP contribution in [-0.2, 0) is 0 Å². The fourth-order valence-electron chi connectivity index (χ4n) is 2.13. The van der Waals surface area contributed by atoms with Crippen LogP contribution in [0, 0.1) is 21.4 Å². The number of benzene rings is 1. The van der Waals surface area contributed by atoms with Crippen molar-refractivity contribution in [2.45, 2.75) is 18.9 Å². The van der Waals surface area contributed by atoms with E-state index in [4.69, 9.17) is 5.26 Å². The van der Waals surface area contributed by atoms with Crippen LogP contribution in [0.5, 0.6) is 0 Å². The van der Waals surface area contributed by atoms with E-state index in [1.807, 2.05) is 6.07 Å². The maximum absolute atomic E-state index is 10.9. The molecule has 18 heavy (non-hydrogen) atoms. The van der Waals surface area contributed by atoms with E-state index in [9.17, 15) is 10.1 Å². The second-order valence-electron chi connectivity index (χ2n) is 4.71. The molecule has 1 aromatic rings. The Balaban J connectivity index is 2.27. The van der Waals surface area contributed by atoms with Gasteiger partial charge in [-0.3, -0.25) is 10.1 Å². The van der Waals surface area contributed by atoms with Gasteiger partial charge in [0.2, 0.25) is 0 Å². The van der Waals surface area contributed by atoms with Crippen LogP contribution >= 0.6 is 0 Å². The summed E-state index contributed by atoms with van der Waals surface area (Å²) in [5.41, 5.74) is 0.506. The molecule has 0 bridgehead atoms. The number of rotatable bonds is 3. The Morgan fingerprint density at radius 2 is 2.39 bits per heavy atom. The van der Waals surface area contributed by atoms with Gasteiger partial charge in [-0.15, -0.1) is 0 Å². The van der Waals surface area contributed by atoms with Gasteiger partial charge in [-0.05, 0) is 32.0 Å². The molecule has 6 nitrogen and oxygen atoms in total. The first-order valence-corrected chi connectivity index (χ1v) is 5.71. The Hall–Kier alpha value is -2.13. The molecule has 0 radical (unpaired) electrons. The molecule has 1 fully saturated rings. The summed E-state index contributed by atoms with van der Waals surface area (Å²) < 4.78 is 0. The average molecular weight is 246 g/mol. The Kier molecular flexibility index (Phi) is 3.17. The van der Waals surface area contributed by atoms with Gasteiger partial charge in [-0.25, -0.2) is 0 Å². The number of nitrogens with one attached hydrogen (secondary N) is 2. The minimum atomic E-state index is -0.529. The number of nitro groups is 1.